The van der Waals surface area contributed by atoms with Gasteiger partial charge in [0, 0.05) is 24.7 Å². The molecule has 30 heavy (non-hydrogen) atoms. The number of fused-ring (bicyclic) bond motifs is 1. The molecule has 0 radical (unpaired) electrons. The van der Waals surface area contributed by atoms with Crippen molar-refractivity contribution in [3.05, 3.63) is 11.6 Å². The molecule has 0 amide bonds. The van der Waals surface area contributed by atoms with E-state index < -0.39 is 5.79 Å². The van der Waals surface area contributed by atoms with Crippen LogP contribution in [0.2, 0.25) is 0 Å². The van der Waals surface area contributed by atoms with Crippen LogP contribution in [0, 0.1) is 0 Å². The van der Waals surface area contributed by atoms with Gasteiger partial charge in [0.15, 0.2) is 17.2 Å². The van der Waals surface area contributed by atoms with Gasteiger partial charge < -0.3 is 24.3 Å². The van der Waals surface area contributed by atoms with Crippen molar-refractivity contribution in [2.75, 3.05) is 18.5 Å². The quantitative estimate of drug-likeness (QED) is 0.351. The van der Waals surface area contributed by atoms with Crippen molar-refractivity contribution in [2.24, 2.45) is 0 Å². The van der Waals surface area contributed by atoms with Gasteiger partial charge in [-0.05, 0) is 20.3 Å². The van der Waals surface area contributed by atoms with Crippen molar-refractivity contribution in [2.45, 2.75) is 115 Å². The van der Waals surface area contributed by atoms with Crippen molar-refractivity contribution < 1.29 is 18.9 Å². The Balaban J connectivity index is 1.33. The van der Waals surface area contributed by atoms with Crippen LogP contribution < -0.4 is 5.32 Å². The summed E-state index contributed by atoms with van der Waals surface area (Å²) in [5, 5.41) is 6.19. The molecule has 0 saturated carbocycles. The summed E-state index contributed by atoms with van der Waals surface area (Å²) in [4.78, 5) is 4.28. The fraction of sp³-hybridized carbons (Fsp3) is 0.870. The molecule has 7 heteroatoms. The molecule has 0 aromatic carbocycles. The highest BCUT2D eigenvalue weighted by atomic mass is 32.1. The van der Waals surface area contributed by atoms with Gasteiger partial charge in [-0.1, -0.05) is 64.7 Å². The standard InChI is InChI=1S/C23H40N2O4S/c1-4-5-6-7-8-9-10-11-12-13-15-26-19-18(17-25-22-24-14-16-30-22)27-21-20(19)28-23(2,3)29-21/h14,16,18-21H,4-13,15,17H2,1-3H3,(H,24,25)/t18-,19-,20-,21-/m1/s1. The van der Waals surface area contributed by atoms with Gasteiger partial charge in [-0.25, -0.2) is 4.98 Å². The zero-order chi connectivity index (χ0) is 21.2. The summed E-state index contributed by atoms with van der Waals surface area (Å²) in [6.07, 6.45) is 14.2. The molecule has 2 aliphatic heterocycles. The third-order valence-electron chi connectivity index (χ3n) is 5.78. The lowest BCUT2D eigenvalue weighted by molar-refractivity contribution is -0.216. The SMILES string of the molecule is CCCCCCCCCCCCO[C@H]1[C@H]2OC(C)(C)O[C@H]2O[C@@H]1CNc1nccs1. The average Bonchev–Trinajstić information content (AvgIpc) is 3.40. The van der Waals surface area contributed by atoms with Gasteiger partial charge >= 0.3 is 0 Å². The maximum atomic E-state index is 6.28. The van der Waals surface area contributed by atoms with Gasteiger partial charge in [0.05, 0.1) is 0 Å². The summed E-state index contributed by atoms with van der Waals surface area (Å²) >= 11 is 1.58. The molecule has 2 saturated heterocycles. The van der Waals surface area contributed by atoms with E-state index in [9.17, 15) is 0 Å². The predicted octanol–water partition coefficient (Wildman–Crippen LogP) is 5.74. The lowest BCUT2D eigenvalue weighted by Gasteiger charge is -2.26. The maximum absolute atomic E-state index is 6.28. The van der Waals surface area contributed by atoms with Gasteiger partial charge in [0.1, 0.15) is 18.3 Å². The van der Waals surface area contributed by atoms with Crippen LogP contribution in [-0.4, -0.2) is 48.5 Å². The van der Waals surface area contributed by atoms with E-state index in [4.69, 9.17) is 18.9 Å². The Labute approximate surface area is 186 Å². The zero-order valence-electron chi connectivity index (χ0n) is 18.9. The predicted molar refractivity (Wildman–Crippen MR) is 121 cm³/mol. The van der Waals surface area contributed by atoms with Crippen LogP contribution in [0.25, 0.3) is 0 Å². The average molecular weight is 441 g/mol. The number of nitrogens with one attached hydrogen (secondary N) is 1. The molecule has 0 bridgehead atoms. The van der Waals surface area contributed by atoms with Gasteiger partial charge in [0.25, 0.3) is 0 Å². The smallest absolute Gasteiger partial charge is 0.190 e. The Bertz CT molecular complexity index is 584. The molecular weight excluding hydrogens is 400 g/mol. The van der Waals surface area contributed by atoms with E-state index in [1.54, 1.807) is 17.5 Å². The number of anilines is 1. The van der Waals surface area contributed by atoms with Gasteiger partial charge in [-0.15, -0.1) is 11.3 Å². The van der Waals surface area contributed by atoms with Crippen molar-refractivity contribution in [1.82, 2.24) is 4.98 Å². The molecular formula is C23H40N2O4S. The monoisotopic (exact) mass is 440 g/mol. The summed E-state index contributed by atoms with van der Waals surface area (Å²) < 4.78 is 24.4. The summed E-state index contributed by atoms with van der Waals surface area (Å²) in [6.45, 7) is 7.50. The van der Waals surface area contributed by atoms with E-state index >= 15 is 0 Å². The fourth-order valence-corrected chi connectivity index (χ4v) is 4.76. The second-order valence-electron chi connectivity index (χ2n) is 8.88. The van der Waals surface area contributed by atoms with Crippen molar-refractivity contribution in [3.8, 4) is 0 Å². The first-order valence-corrected chi connectivity index (χ1v) is 12.7. The van der Waals surface area contributed by atoms with Crippen molar-refractivity contribution >= 4 is 16.5 Å². The molecule has 0 spiro atoms. The topological polar surface area (TPSA) is 61.8 Å². The van der Waals surface area contributed by atoms with Crippen LogP contribution >= 0.6 is 11.3 Å². The molecule has 3 rings (SSSR count). The normalized spacial score (nSPS) is 27.4. The molecule has 1 aromatic heterocycles. The lowest BCUT2D eigenvalue weighted by atomic mass is 10.1. The van der Waals surface area contributed by atoms with E-state index in [0.29, 0.717) is 6.54 Å². The van der Waals surface area contributed by atoms with Crippen LogP contribution in [0.1, 0.15) is 85.0 Å². The Morgan fingerprint density at radius 3 is 2.40 bits per heavy atom. The van der Waals surface area contributed by atoms with Crippen molar-refractivity contribution in [3.63, 3.8) is 0 Å². The molecule has 2 fully saturated rings. The summed E-state index contributed by atoms with van der Waals surface area (Å²) in [5.74, 6) is -0.623. The number of aromatic nitrogens is 1. The van der Waals surface area contributed by atoms with E-state index in [2.05, 4.69) is 17.2 Å². The number of rotatable bonds is 15. The minimum atomic E-state index is -0.623. The van der Waals surface area contributed by atoms with E-state index in [1.165, 1.54) is 57.8 Å². The van der Waals surface area contributed by atoms with E-state index in [0.717, 1.165) is 18.2 Å². The third-order valence-corrected chi connectivity index (χ3v) is 6.51. The second-order valence-corrected chi connectivity index (χ2v) is 9.77. The Kier molecular flexibility index (Phi) is 9.84. The maximum Gasteiger partial charge on any atom is 0.190 e. The number of hydrogen-bond acceptors (Lipinski definition) is 7. The number of thiazole rings is 1. The molecule has 172 valence electrons. The van der Waals surface area contributed by atoms with Gasteiger partial charge in [0.2, 0.25) is 0 Å². The minimum absolute atomic E-state index is 0.108. The van der Waals surface area contributed by atoms with Crippen LogP contribution in [0.3, 0.4) is 0 Å². The highest BCUT2D eigenvalue weighted by molar-refractivity contribution is 7.13. The van der Waals surface area contributed by atoms with Crippen LogP contribution in [-0.2, 0) is 18.9 Å². The summed E-state index contributed by atoms with van der Waals surface area (Å²) in [7, 11) is 0. The fourth-order valence-electron chi connectivity index (χ4n) is 4.22. The molecule has 6 nitrogen and oxygen atoms in total. The third kappa shape index (κ3) is 7.45. The second kappa shape index (κ2) is 12.3. The first-order valence-electron chi connectivity index (χ1n) is 11.8. The van der Waals surface area contributed by atoms with Crippen LogP contribution in [0.15, 0.2) is 11.6 Å². The Morgan fingerprint density at radius 1 is 1.03 bits per heavy atom. The molecule has 2 aliphatic rings. The molecule has 4 atom stereocenters. The minimum Gasteiger partial charge on any atom is -0.373 e. The first kappa shape index (κ1) is 23.9. The molecule has 0 aliphatic carbocycles. The lowest BCUT2D eigenvalue weighted by Crippen LogP contribution is -2.40. The zero-order valence-corrected chi connectivity index (χ0v) is 19.8. The molecule has 0 unspecified atom stereocenters. The first-order chi connectivity index (χ1) is 14.6. The van der Waals surface area contributed by atoms with E-state index in [1.807, 2.05) is 19.2 Å². The molecule has 1 aromatic rings. The van der Waals surface area contributed by atoms with Gasteiger partial charge in [-0.3, -0.25) is 0 Å². The number of ether oxygens (including phenoxy) is 4. The van der Waals surface area contributed by atoms with Crippen LogP contribution in [0.4, 0.5) is 5.13 Å². The summed E-state index contributed by atoms with van der Waals surface area (Å²) in [6, 6.07) is 0. The largest absolute Gasteiger partial charge is 0.373 e. The number of hydrogen-bond donors (Lipinski definition) is 1. The Hall–Kier alpha value is -0.730. The highest BCUT2D eigenvalue weighted by Gasteiger charge is 2.55. The molecule has 3 heterocycles. The van der Waals surface area contributed by atoms with Gasteiger partial charge in [-0.2, -0.15) is 0 Å². The summed E-state index contributed by atoms with van der Waals surface area (Å²) in [5.41, 5.74) is 0. The van der Waals surface area contributed by atoms with Crippen LogP contribution in [0.5, 0.6) is 0 Å². The Morgan fingerprint density at radius 2 is 1.73 bits per heavy atom. The van der Waals surface area contributed by atoms with E-state index in [-0.39, 0.29) is 24.6 Å². The number of unbranched alkanes of at least 4 members (excludes halogenated alkanes) is 9. The van der Waals surface area contributed by atoms with Crippen molar-refractivity contribution in [1.29, 1.82) is 0 Å². The molecule has 1 N–H and O–H groups in total. The highest BCUT2D eigenvalue weighted by Crippen LogP contribution is 2.39. The number of nitrogens with zero attached hydrogens (tertiary/aromatic N) is 1.